The average molecular weight is 306 g/mol. The van der Waals surface area contributed by atoms with E-state index in [9.17, 15) is 18.4 Å². The number of rotatable bonds is 3. The lowest BCUT2D eigenvalue weighted by Gasteiger charge is -2.06. The Labute approximate surface area is 122 Å². The number of halogens is 2. The predicted octanol–water partition coefficient (Wildman–Crippen LogP) is 1.36. The van der Waals surface area contributed by atoms with Crippen molar-refractivity contribution in [1.82, 2.24) is 20.2 Å². The van der Waals surface area contributed by atoms with Crippen LogP contribution in [0.25, 0.3) is 11.3 Å². The van der Waals surface area contributed by atoms with Gasteiger partial charge in [0.15, 0.2) is 0 Å². The van der Waals surface area contributed by atoms with E-state index >= 15 is 0 Å². The Kier molecular flexibility index (Phi) is 3.05. The number of alkyl halides is 2. The van der Waals surface area contributed by atoms with Gasteiger partial charge in [-0.3, -0.25) is 9.78 Å². The van der Waals surface area contributed by atoms with Gasteiger partial charge in [0.25, 0.3) is 11.5 Å². The number of hydrogen-bond donors (Lipinski definition) is 2. The van der Waals surface area contributed by atoms with Crippen molar-refractivity contribution >= 4 is 0 Å². The van der Waals surface area contributed by atoms with Gasteiger partial charge in [-0.1, -0.05) is 6.08 Å². The fourth-order valence-corrected chi connectivity index (χ4v) is 2.56. The van der Waals surface area contributed by atoms with Gasteiger partial charge in [-0.05, 0) is 18.6 Å². The Bertz CT molecular complexity index is 872. The summed E-state index contributed by atoms with van der Waals surface area (Å²) in [4.78, 5) is 27.1. The molecule has 1 aliphatic rings. The van der Waals surface area contributed by atoms with Gasteiger partial charge >= 0.3 is 5.69 Å². The zero-order valence-corrected chi connectivity index (χ0v) is 11.6. The smallest absolute Gasteiger partial charge is 0.313 e. The lowest BCUT2D eigenvalue weighted by atomic mass is 10.1. The molecule has 2 aromatic heterocycles. The molecule has 0 unspecified atom stereocenters. The first-order chi connectivity index (χ1) is 10.4. The van der Waals surface area contributed by atoms with Gasteiger partial charge in [0.2, 0.25) is 0 Å². The lowest BCUT2D eigenvalue weighted by Crippen LogP contribution is -2.23. The normalized spacial score (nSPS) is 22.3. The van der Waals surface area contributed by atoms with Gasteiger partial charge in [0, 0.05) is 6.20 Å². The van der Waals surface area contributed by atoms with Crippen molar-refractivity contribution in [3.8, 4) is 11.3 Å². The summed E-state index contributed by atoms with van der Waals surface area (Å²) in [5, 5.41) is 7.70. The predicted molar refractivity (Wildman–Crippen MR) is 74.8 cm³/mol. The van der Waals surface area contributed by atoms with Crippen LogP contribution in [0.3, 0.4) is 0 Å². The van der Waals surface area contributed by atoms with E-state index in [1.807, 2.05) is 0 Å². The van der Waals surface area contributed by atoms with Crippen LogP contribution in [-0.2, 0) is 0 Å². The number of aromatic amines is 2. The first kappa shape index (κ1) is 14.3. The Morgan fingerprint density at radius 1 is 1.36 bits per heavy atom. The highest BCUT2D eigenvalue weighted by Gasteiger charge is 2.67. The SMILES string of the molecule is C=C[C@@H]1[C@@H](c2cc(-c3c[nH]c(=O)[nH]c3=O)nnc2C)C1(F)F. The van der Waals surface area contributed by atoms with Crippen molar-refractivity contribution in [3.63, 3.8) is 0 Å². The van der Waals surface area contributed by atoms with Gasteiger partial charge in [0.1, 0.15) is 5.69 Å². The second-order valence-electron chi connectivity index (χ2n) is 5.17. The molecule has 3 rings (SSSR count). The molecule has 0 amide bonds. The summed E-state index contributed by atoms with van der Waals surface area (Å²) in [6.07, 6.45) is 2.40. The van der Waals surface area contributed by atoms with E-state index in [0.717, 1.165) is 0 Å². The summed E-state index contributed by atoms with van der Waals surface area (Å²) in [6.45, 7) is 5.00. The molecule has 2 atom stereocenters. The average Bonchev–Trinajstić information content (AvgIpc) is 3.01. The molecule has 6 nitrogen and oxygen atoms in total. The summed E-state index contributed by atoms with van der Waals surface area (Å²) in [7, 11) is 0. The number of allylic oxidation sites excluding steroid dienone is 1. The second kappa shape index (κ2) is 4.69. The van der Waals surface area contributed by atoms with Crippen LogP contribution in [0.15, 0.2) is 34.5 Å². The van der Waals surface area contributed by atoms with Crippen molar-refractivity contribution in [3.05, 3.63) is 57.0 Å². The molecule has 2 aromatic rings. The molecule has 2 N–H and O–H groups in total. The van der Waals surface area contributed by atoms with Crippen LogP contribution in [0.5, 0.6) is 0 Å². The van der Waals surface area contributed by atoms with E-state index in [0.29, 0.717) is 11.3 Å². The van der Waals surface area contributed by atoms with Crippen LogP contribution in [0.4, 0.5) is 8.78 Å². The highest BCUT2D eigenvalue weighted by Crippen LogP contribution is 2.62. The Morgan fingerprint density at radius 2 is 2.09 bits per heavy atom. The van der Waals surface area contributed by atoms with E-state index in [1.54, 1.807) is 6.92 Å². The van der Waals surface area contributed by atoms with Crippen LogP contribution in [0, 0.1) is 12.8 Å². The lowest BCUT2D eigenvalue weighted by molar-refractivity contribution is 0.101. The van der Waals surface area contributed by atoms with Crippen LogP contribution < -0.4 is 11.2 Å². The zero-order chi connectivity index (χ0) is 16.1. The molecule has 0 aromatic carbocycles. The van der Waals surface area contributed by atoms with Crippen LogP contribution >= 0.6 is 0 Å². The fraction of sp³-hybridized carbons (Fsp3) is 0.286. The molecule has 1 aliphatic carbocycles. The number of aromatic nitrogens is 4. The molecule has 0 radical (unpaired) electrons. The van der Waals surface area contributed by atoms with Crippen molar-refractivity contribution < 1.29 is 8.78 Å². The number of nitrogens with zero attached hydrogens (tertiary/aromatic N) is 2. The standard InChI is InChI=1S/C14H12F2N4O2/c1-3-9-11(14(9,15)16)7-4-10(20-19-6(7)2)8-5-17-13(22)18-12(8)21/h3-5,9,11H,1H2,2H3,(H2,17,18,21,22)/t9-,11-/m1/s1. The van der Waals surface area contributed by atoms with Gasteiger partial charge in [-0.25, -0.2) is 13.6 Å². The highest BCUT2D eigenvalue weighted by molar-refractivity contribution is 5.58. The summed E-state index contributed by atoms with van der Waals surface area (Å²) in [5.74, 6) is -4.83. The van der Waals surface area contributed by atoms with E-state index in [4.69, 9.17) is 0 Å². The van der Waals surface area contributed by atoms with Gasteiger partial charge in [0.05, 0.1) is 23.1 Å². The van der Waals surface area contributed by atoms with Crippen molar-refractivity contribution in [2.75, 3.05) is 0 Å². The summed E-state index contributed by atoms with van der Waals surface area (Å²) in [6, 6.07) is 1.41. The summed E-state index contributed by atoms with van der Waals surface area (Å²) < 4.78 is 27.5. The third-order valence-corrected chi connectivity index (χ3v) is 3.81. The molecule has 22 heavy (non-hydrogen) atoms. The fourth-order valence-electron chi connectivity index (χ4n) is 2.56. The molecule has 0 saturated heterocycles. The Hall–Kier alpha value is -2.64. The Morgan fingerprint density at radius 3 is 2.68 bits per heavy atom. The molecule has 0 bridgehead atoms. The quantitative estimate of drug-likeness (QED) is 0.838. The number of aryl methyl sites for hydroxylation is 1. The molecule has 2 heterocycles. The minimum atomic E-state index is -2.87. The Balaban J connectivity index is 2.10. The first-order valence-electron chi connectivity index (χ1n) is 6.53. The van der Waals surface area contributed by atoms with E-state index in [-0.39, 0.29) is 11.3 Å². The van der Waals surface area contributed by atoms with Crippen molar-refractivity contribution in [2.24, 2.45) is 5.92 Å². The number of H-pyrrole nitrogens is 2. The van der Waals surface area contributed by atoms with Crippen LogP contribution in [0.1, 0.15) is 17.2 Å². The minimum Gasteiger partial charge on any atom is -0.313 e. The van der Waals surface area contributed by atoms with Gasteiger partial charge < -0.3 is 4.98 Å². The minimum absolute atomic E-state index is 0.0625. The molecular formula is C14H12F2N4O2. The molecule has 1 saturated carbocycles. The number of nitrogens with one attached hydrogen (secondary N) is 2. The molecule has 0 spiro atoms. The van der Waals surface area contributed by atoms with Crippen LogP contribution in [-0.4, -0.2) is 26.1 Å². The molecule has 1 fully saturated rings. The van der Waals surface area contributed by atoms with Crippen molar-refractivity contribution in [1.29, 1.82) is 0 Å². The largest absolute Gasteiger partial charge is 0.325 e. The second-order valence-corrected chi connectivity index (χ2v) is 5.17. The van der Waals surface area contributed by atoms with Crippen LogP contribution in [0.2, 0.25) is 0 Å². The van der Waals surface area contributed by atoms with Crippen molar-refractivity contribution in [2.45, 2.75) is 18.8 Å². The molecule has 8 heteroatoms. The van der Waals surface area contributed by atoms with E-state index < -0.39 is 29.0 Å². The maximum absolute atomic E-state index is 13.8. The monoisotopic (exact) mass is 306 g/mol. The first-order valence-corrected chi connectivity index (χ1v) is 6.53. The van der Waals surface area contributed by atoms with Gasteiger partial charge in [-0.2, -0.15) is 5.10 Å². The topological polar surface area (TPSA) is 91.5 Å². The zero-order valence-electron chi connectivity index (χ0n) is 11.6. The third-order valence-electron chi connectivity index (χ3n) is 3.81. The molecule has 0 aliphatic heterocycles. The maximum atomic E-state index is 13.8. The third kappa shape index (κ3) is 2.07. The van der Waals surface area contributed by atoms with E-state index in [2.05, 4.69) is 26.7 Å². The van der Waals surface area contributed by atoms with Gasteiger partial charge in [-0.15, -0.1) is 11.7 Å². The number of hydrogen-bond acceptors (Lipinski definition) is 4. The molecule has 114 valence electrons. The van der Waals surface area contributed by atoms with E-state index in [1.165, 1.54) is 18.3 Å². The maximum Gasteiger partial charge on any atom is 0.325 e. The molecular weight excluding hydrogens is 294 g/mol. The summed E-state index contributed by atoms with van der Waals surface area (Å²) >= 11 is 0. The summed E-state index contributed by atoms with van der Waals surface area (Å²) in [5.41, 5.74) is -0.426. The highest BCUT2D eigenvalue weighted by atomic mass is 19.3.